The van der Waals surface area contributed by atoms with Crippen LogP contribution in [0.1, 0.15) is 18.6 Å². The van der Waals surface area contributed by atoms with Gasteiger partial charge in [-0.2, -0.15) is 0 Å². The van der Waals surface area contributed by atoms with Crippen molar-refractivity contribution in [2.45, 2.75) is 13.0 Å². The number of phenolic OH excluding ortho intramolecular Hbond substituents is 1. The van der Waals surface area contributed by atoms with Crippen LogP contribution in [0.25, 0.3) is 0 Å². The highest BCUT2D eigenvalue weighted by atomic mass is 35.5. The van der Waals surface area contributed by atoms with Crippen LogP contribution in [-0.4, -0.2) is 5.11 Å². The molecule has 0 radical (unpaired) electrons. The molecule has 3 nitrogen and oxygen atoms in total. The lowest BCUT2D eigenvalue weighted by atomic mass is 10.1. The number of nitrogens with two attached hydrogens (primary N) is 1. The lowest BCUT2D eigenvalue weighted by Crippen LogP contribution is -2.05. The largest absolute Gasteiger partial charge is 0.508 e. The van der Waals surface area contributed by atoms with Gasteiger partial charge in [-0.25, -0.2) is 5.90 Å². The summed E-state index contributed by atoms with van der Waals surface area (Å²) in [5.41, 5.74) is 0.588. The van der Waals surface area contributed by atoms with E-state index in [1.807, 2.05) is 0 Å². The van der Waals surface area contributed by atoms with Crippen LogP contribution in [0.5, 0.6) is 5.75 Å². The smallest absolute Gasteiger partial charge is 0.121 e. The van der Waals surface area contributed by atoms with E-state index in [2.05, 4.69) is 4.84 Å². The molecular formula is C8H10ClNO2. The molecule has 0 aliphatic carbocycles. The van der Waals surface area contributed by atoms with Gasteiger partial charge in [-0.15, -0.1) is 0 Å². The van der Waals surface area contributed by atoms with E-state index in [4.69, 9.17) is 17.5 Å². The second-order valence-electron chi connectivity index (χ2n) is 2.48. The molecule has 1 aromatic rings. The summed E-state index contributed by atoms with van der Waals surface area (Å²) in [6.07, 6.45) is -0.358. The Labute approximate surface area is 75.7 Å². The Hall–Kier alpha value is -0.770. The molecule has 0 heterocycles. The summed E-state index contributed by atoms with van der Waals surface area (Å²) < 4.78 is 0. The average molecular weight is 188 g/mol. The first-order chi connectivity index (χ1) is 5.65. The third-order valence-electron chi connectivity index (χ3n) is 1.63. The van der Waals surface area contributed by atoms with Crippen LogP contribution in [0.2, 0.25) is 5.02 Å². The summed E-state index contributed by atoms with van der Waals surface area (Å²) in [4.78, 5) is 4.55. The quantitative estimate of drug-likeness (QED) is 0.697. The van der Waals surface area contributed by atoms with Crippen molar-refractivity contribution >= 4 is 11.6 Å². The van der Waals surface area contributed by atoms with Crippen molar-refractivity contribution in [1.29, 1.82) is 0 Å². The molecule has 1 rings (SSSR count). The van der Waals surface area contributed by atoms with E-state index in [0.29, 0.717) is 10.6 Å². The molecule has 3 N–H and O–H groups in total. The Kier molecular flexibility index (Phi) is 2.92. The van der Waals surface area contributed by atoms with Gasteiger partial charge in [0, 0.05) is 10.6 Å². The fourth-order valence-electron chi connectivity index (χ4n) is 0.924. The Morgan fingerprint density at radius 1 is 1.58 bits per heavy atom. The summed E-state index contributed by atoms with van der Waals surface area (Å²) in [7, 11) is 0. The topological polar surface area (TPSA) is 55.5 Å². The number of hydrogen-bond acceptors (Lipinski definition) is 3. The van der Waals surface area contributed by atoms with Gasteiger partial charge < -0.3 is 5.11 Å². The van der Waals surface area contributed by atoms with Gasteiger partial charge in [0.1, 0.15) is 11.9 Å². The number of benzene rings is 1. The van der Waals surface area contributed by atoms with Crippen LogP contribution in [-0.2, 0) is 4.84 Å². The highest BCUT2D eigenvalue weighted by molar-refractivity contribution is 6.30. The fourth-order valence-corrected chi connectivity index (χ4v) is 1.10. The molecule has 4 heteroatoms. The maximum Gasteiger partial charge on any atom is 0.121 e. The zero-order chi connectivity index (χ0) is 9.14. The number of halogens is 1. The maximum atomic E-state index is 9.34. The van der Waals surface area contributed by atoms with Gasteiger partial charge in [0.05, 0.1) is 0 Å². The molecule has 12 heavy (non-hydrogen) atoms. The van der Waals surface area contributed by atoms with Crippen LogP contribution in [0.4, 0.5) is 0 Å². The van der Waals surface area contributed by atoms with Crippen molar-refractivity contribution in [2.75, 3.05) is 0 Å². The first kappa shape index (κ1) is 9.32. The van der Waals surface area contributed by atoms with Gasteiger partial charge in [0.15, 0.2) is 0 Å². The van der Waals surface area contributed by atoms with E-state index < -0.39 is 0 Å². The minimum atomic E-state index is -0.358. The standard InChI is InChI=1S/C8H10ClNO2/c1-5(12-10)7-4-6(9)2-3-8(7)11/h2-5,11H,10H2,1H3. The number of rotatable bonds is 2. The molecule has 1 aromatic carbocycles. The third kappa shape index (κ3) is 1.88. The molecule has 0 aliphatic heterocycles. The average Bonchev–Trinajstić information content (AvgIpc) is 2.08. The molecule has 0 saturated heterocycles. The molecule has 0 aromatic heterocycles. The predicted molar refractivity (Wildman–Crippen MR) is 46.8 cm³/mol. The third-order valence-corrected chi connectivity index (χ3v) is 1.87. The molecule has 1 atom stereocenters. The van der Waals surface area contributed by atoms with Crippen molar-refractivity contribution in [3.8, 4) is 5.75 Å². The van der Waals surface area contributed by atoms with Crippen molar-refractivity contribution in [2.24, 2.45) is 5.90 Å². The molecule has 0 spiro atoms. The van der Waals surface area contributed by atoms with E-state index in [1.165, 1.54) is 6.07 Å². The first-order valence-corrected chi connectivity index (χ1v) is 3.87. The van der Waals surface area contributed by atoms with Crippen LogP contribution in [0.15, 0.2) is 18.2 Å². The minimum Gasteiger partial charge on any atom is -0.508 e. The second kappa shape index (κ2) is 3.76. The van der Waals surface area contributed by atoms with Gasteiger partial charge in [0.2, 0.25) is 0 Å². The Bertz CT molecular complexity index is 278. The Morgan fingerprint density at radius 2 is 2.25 bits per heavy atom. The summed E-state index contributed by atoms with van der Waals surface area (Å²) >= 11 is 5.71. The normalized spacial score (nSPS) is 12.9. The summed E-state index contributed by atoms with van der Waals surface area (Å²) in [6.45, 7) is 1.73. The van der Waals surface area contributed by atoms with Crippen LogP contribution in [0, 0.1) is 0 Å². The molecule has 1 unspecified atom stereocenters. The molecule has 0 amide bonds. The Balaban J connectivity index is 3.04. The molecule has 0 bridgehead atoms. The van der Waals surface area contributed by atoms with Gasteiger partial charge in [-0.05, 0) is 25.1 Å². The van der Waals surface area contributed by atoms with Gasteiger partial charge in [0.25, 0.3) is 0 Å². The monoisotopic (exact) mass is 187 g/mol. The molecule has 66 valence electrons. The van der Waals surface area contributed by atoms with E-state index in [1.54, 1.807) is 19.1 Å². The van der Waals surface area contributed by atoms with Gasteiger partial charge in [-0.1, -0.05) is 11.6 Å². The predicted octanol–water partition coefficient (Wildman–Crippen LogP) is 2.00. The van der Waals surface area contributed by atoms with E-state index in [9.17, 15) is 5.11 Å². The Morgan fingerprint density at radius 3 is 2.83 bits per heavy atom. The number of phenols is 1. The van der Waals surface area contributed by atoms with Crippen LogP contribution in [0.3, 0.4) is 0 Å². The van der Waals surface area contributed by atoms with Crippen LogP contribution < -0.4 is 5.90 Å². The summed E-state index contributed by atoms with van der Waals surface area (Å²) in [5, 5.41) is 9.89. The fraction of sp³-hybridized carbons (Fsp3) is 0.250. The first-order valence-electron chi connectivity index (χ1n) is 3.49. The highest BCUT2D eigenvalue weighted by Crippen LogP contribution is 2.28. The van der Waals surface area contributed by atoms with E-state index in [0.717, 1.165) is 0 Å². The van der Waals surface area contributed by atoms with E-state index >= 15 is 0 Å². The van der Waals surface area contributed by atoms with Crippen molar-refractivity contribution in [3.05, 3.63) is 28.8 Å². The summed E-state index contributed by atoms with van der Waals surface area (Å²) in [5.74, 6) is 5.11. The van der Waals surface area contributed by atoms with Crippen molar-refractivity contribution in [1.82, 2.24) is 0 Å². The van der Waals surface area contributed by atoms with Crippen LogP contribution >= 0.6 is 11.6 Å². The zero-order valence-corrected chi connectivity index (χ0v) is 7.38. The minimum absolute atomic E-state index is 0.136. The molecule has 0 saturated carbocycles. The maximum absolute atomic E-state index is 9.34. The van der Waals surface area contributed by atoms with Gasteiger partial charge >= 0.3 is 0 Å². The van der Waals surface area contributed by atoms with Crippen molar-refractivity contribution in [3.63, 3.8) is 0 Å². The van der Waals surface area contributed by atoms with Crippen molar-refractivity contribution < 1.29 is 9.94 Å². The summed E-state index contributed by atoms with van der Waals surface area (Å²) in [6, 6.07) is 4.73. The highest BCUT2D eigenvalue weighted by Gasteiger charge is 2.09. The number of hydrogen-bond donors (Lipinski definition) is 2. The molecule has 0 aliphatic rings. The van der Waals surface area contributed by atoms with Gasteiger partial charge in [-0.3, -0.25) is 4.84 Å². The zero-order valence-electron chi connectivity index (χ0n) is 6.62. The number of aromatic hydroxyl groups is 1. The van der Waals surface area contributed by atoms with E-state index in [-0.39, 0.29) is 11.9 Å². The second-order valence-corrected chi connectivity index (χ2v) is 2.92. The lowest BCUT2D eigenvalue weighted by Gasteiger charge is -2.10. The molecule has 0 fully saturated rings. The molecular weight excluding hydrogens is 178 g/mol. The SMILES string of the molecule is CC(ON)c1cc(Cl)ccc1O. The lowest BCUT2D eigenvalue weighted by molar-refractivity contribution is 0.0647.